The average molecular weight is 385 g/mol. The van der Waals surface area contributed by atoms with Gasteiger partial charge in [-0.2, -0.15) is 0 Å². The second-order valence-electron chi connectivity index (χ2n) is 6.96. The van der Waals surface area contributed by atoms with Gasteiger partial charge in [-0.1, -0.05) is 36.4 Å². The van der Waals surface area contributed by atoms with Gasteiger partial charge in [-0.05, 0) is 31.5 Å². The van der Waals surface area contributed by atoms with E-state index in [2.05, 4.69) is 15.1 Å². The van der Waals surface area contributed by atoms with Crippen LogP contribution in [0.15, 0.2) is 53.3 Å². The van der Waals surface area contributed by atoms with Crippen LogP contribution in [0.2, 0.25) is 0 Å². The number of nitrogens with one attached hydrogen (secondary N) is 2. The summed E-state index contributed by atoms with van der Waals surface area (Å²) in [5, 5.41) is 3.16. The number of rotatable bonds is 3. The third kappa shape index (κ3) is 2.55. The maximum atomic E-state index is 13.4. The lowest BCUT2D eigenvalue weighted by Gasteiger charge is -2.04. The SMILES string of the molecule is COc1cccc2[nH]c(-c3c(C)nc4c(-c5ccccc5)c(C)[nH]n4c3=O)nc12. The van der Waals surface area contributed by atoms with Gasteiger partial charge in [0.15, 0.2) is 5.65 Å². The van der Waals surface area contributed by atoms with Crippen molar-refractivity contribution >= 4 is 16.7 Å². The van der Waals surface area contributed by atoms with Crippen LogP contribution in [0.3, 0.4) is 0 Å². The number of nitrogens with zero attached hydrogens (tertiary/aromatic N) is 3. The number of fused-ring (bicyclic) bond motifs is 2. The summed E-state index contributed by atoms with van der Waals surface area (Å²) in [6, 6.07) is 15.6. The molecule has 144 valence electrons. The van der Waals surface area contributed by atoms with Crippen LogP contribution in [0.1, 0.15) is 11.4 Å². The van der Waals surface area contributed by atoms with Crippen molar-refractivity contribution in [3.8, 4) is 28.3 Å². The third-order valence-electron chi connectivity index (χ3n) is 5.14. The number of H-pyrrole nitrogens is 2. The topological polar surface area (TPSA) is 88.1 Å². The highest BCUT2D eigenvalue weighted by molar-refractivity contribution is 5.85. The monoisotopic (exact) mass is 385 g/mol. The minimum atomic E-state index is -0.198. The fraction of sp³-hybridized carbons (Fsp3) is 0.136. The number of hydrogen-bond donors (Lipinski definition) is 2. The molecule has 0 aliphatic carbocycles. The lowest BCUT2D eigenvalue weighted by atomic mass is 10.1. The molecule has 0 aliphatic rings. The summed E-state index contributed by atoms with van der Waals surface area (Å²) in [4.78, 5) is 26.0. The highest BCUT2D eigenvalue weighted by Crippen LogP contribution is 2.29. The maximum Gasteiger partial charge on any atom is 0.283 e. The number of para-hydroxylation sites is 1. The van der Waals surface area contributed by atoms with Crippen LogP contribution in [0.5, 0.6) is 5.75 Å². The van der Waals surface area contributed by atoms with Crippen molar-refractivity contribution in [2.75, 3.05) is 7.11 Å². The number of ether oxygens (including phenoxy) is 1. The van der Waals surface area contributed by atoms with Crippen molar-refractivity contribution in [2.45, 2.75) is 13.8 Å². The van der Waals surface area contributed by atoms with Crippen molar-refractivity contribution in [2.24, 2.45) is 0 Å². The number of aromatic amines is 2. The standard InChI is InChI=1S/C22H19N5O2/c1-12-18(20-24-15-10-7-11-16(29-3)19(15)25-20)22(28)27-21(23-12)17(13(2)26-27)14-8-5-4-6-9-14/h4-11,26H,1-3H3,(H,24,25). The van der Waals surface area contributed by atoms with Gasteiger partial charge in [-0.25, -0.2) is 14.5 Å². The first-order chi connectivity index (χ1) is 14.1. The van der Waals surface area contributed by atoms with Crippen molar-refractivity contribution in [3.63, 3.8) is 0 Å². The van der Waals surface area contributed by atoms with Crippen LogP contribution in [0.25, 0.3) is 39.2 Å². The van der Waals surface area contributed by atoms with Crippen LogP contribution in [-0.4, -0.2) is 31.7 Å². The van der Waals surface area contributed by atoms with Gasteiger partial charge >= 0.3 is 0 Å². The lowest BCUT2D eigenvalue weighted by molar-refractivity contribution is 0.419. The molecule has 7 nitrogen and oxygen atoms in total. The van der Waals surface area contributed by atoms with E-state index in [4.69, 9.17) is 9.72 Å². The molecule has 0 amide bonds. The minimum absolute atomic E-state index is 0.198. The Kier molecular flexibility index (Phi) is 3.77. The number of hydrogen-bond acceptors (Lipinski definition) is 4. The summed E-state index contributed by atoms with van der Waals surface area (Å²) in [5.74, 6) is 1.13. The Bertz CT molecular complexity index is 1430. The first kappa shape index (κ1) is 17.2. The first-order valence-electron chi connectivity index (χ1n) is 9.29. The summed E-state index contributed by atoms with van der Waals surface area (Å²) >= 11 is 0. The van der Waals surface area contributed by atoms with Gasteiger partial charge in [0.2, 0.25) is 0 Å². The maximum absolute atomic E-state index is 13.4. The minimum Gasteiger partial charge on any atom is -0.494 e. The molecule has 3 heterocycles. The first-order valence-corrected chi connectivity index (χ1v) is 9.29. The molecule has 0 saturated carbocycles. The van der Waals surface area contributed by atoms with E-state index in [0.717, 1.165) is 22.3 Å². The molecule has 29 heavy (non-hydrogen) atoms. The molecule has 0 aliphatic heterocycles. The Balaban J connectivity index is 1.78. The second kappa shape index (κ2) is 6.34. The molecule has 0 spiro atoms. The van der Waals surface area contributed by atoms with Gasteiger partial charge < -0.3 is 9.72 Å². The van der Waals surface area contributed by atoms with Gasteiger partial charge in [-0.15, -0.1) is 0 Å². The molecule has 0 fully saturated rings. The van der Waals surface area contributed by atoms with Gasteiger partial charge in [0.05, 0.1) is 18.3 Å². The summed E-state index contributed by atoms with van der Waals surface area (Å²) in [7, 11) is 1.60. The molecule has 0 radical (unpaired) electrons. The highest BCUT2D eigenvalue weighted by Gasteiger charge is 2.21. The second-order valence-corrected chi connectivity index (χ2v) is 6.96. The quantitative estimate of drug-likeness (QED) is 0.494. The number of benzene rings is 2. The number of imidazole rings is 1. The smallest absolute Gasteiger partial charge is 0.283 e. The van der Waals surface area contributed by atoms with Gasteiger partial charge in [0.25, 0.3) is 5.56 Å². The molecule has 0 atom stereocenters. The molecule has 2 N–H and O–H groups in total. The van der Waals surface area contributed by atoms with E-state index in [1.165, 1.54) is 4.52 Å². The van der Waals surface area contributed by atoms with Crippen molar-refractivity contribution in [3.05, 3.63) is 70.3 Å². The summed E-state index contributed by atoms with van der Waals surface area (Å²) in [5.41, 5.74) is 5.75. The van der Waals surface area contributed by atoms with Crippen LogP contribution in [0, 0.1) is 13.8 Å². The van der Waals surface area contributed by atoms with Gasteiger partial charge in [-0.3, -0.25) is 9.89 Å². The molecule has 5 rings (SSSR count). The summed E-state index contributed by atoms with van der Waals surface area (Å²) in [6.07, 6.45) is 0. The number of methoxy groups -OCH3 is 1. The zero-order chi connectivity index (χ0) is 20.1. The van der Waals surface area contributed by atoms with E-state index in [1.807, 2.05) is 62.4 Å². The van der Waals surface area contributed by atoms with Crippen LogP contribution < -0.4 is 10.3 Å². The lowest BCUT2D eigenvalue weighted by Crippen LogP contribution is -2.19. The Labute approximate surface area is 166 Å². The third-order valence-corrected chi connectivity index (χ3v) is 5.14. The number of aryl methyl sites for hydroxylation is 2. The van der Waals surface area contributed by atoms with E-state index in [1.54, 1.807) is 7.11 Å². The summed E-state index contributed by atoms with van der Waals surface area (Å²) in [6.45, 7) is 3.77. The molecular formula is C22H19N5O2. The van der Waals surface area contributed by atoms with E-state index in [0.29, 0.717) is 34.0 Å². The average Bonchev–Trinajstić information content (AvgIpc) is 3.29. The molecule has 5 aromatic rings. The zero-order valence-electron chi connectivity index (χ0n) is 16.3. The number of aromatic nitrogens is 5. The van der Waals surface area contributed by atoms with Crippen LogP contribution in [-0.2, 0) is 0 Å². The normalized spacial score (nSPS) is 11.4. The van der Waals surface area contributed by atoms with E-state index in [-0.39, 0.29) is 5.56 Å². The van der Waals surface area contributed by atoms with Crippen molar-refractivity contribution in [1.82, 2.24) is 24.6 Å². The molecular weight excluding hydrogens is 366 g/mol. The molecule has 0 bridgehead atoms. The van der Waals surface area contributed by atoms with E-state index >= 15 is 0 Å². The van der Waals surface area contributed by atoms with E-state index < -0.39 is 0 Å². The van der Waals surface area contributed by atoms with Crippen molar-refractivity contribution in [1.29, 1.82) is 0 Å². The predicted molar refractivity (Wildman–Crippen MR) is 112 cm³/mol. The van der Waals surface area contributed by atoms with Crippen LogP contribution >= 0.6 is 0 Å². The van der Waals surface area contributed by atoms with Gasteiger partial charge in [0, 0.05) is 11.3 Å². The van der Waals surface area contributed by atoms with E-state index in [9.17, 15) is 4.79 Å². The molecule has 0 unspecified atom stereocenters. The Morgan fingerprint density at radius 3 is 2.52 bits per heavy atom. The van der Waals surface area contributed by atoms with Gasteiger partial charge in [0.1, 0.15) is 22.7 Å². The Morgan fingerprint density at radius 1 is 0.966 bits per heavy atom. The fourth-order valence-corrected chi connectivity index (χ4v) is 3.80. The molecule has 3 aromatic heterocycles. The zero-order valence-corrected chi connectivity index (χ0v) is 16.3. The Morgan fingerprint density at radius 2 is 1.76 bits per heavy atom. The van der Waals surface area contributed by atoms with Crippen LogP contribution in [0.4, 0.5) is 0 Å². The van der Waals surface area contributed by atoms with Crippen molar-refractivity contribution < 1.29 is 4.74 Å². The Hall–Kier alpha value is -3.87. The summed E-state index contributed by atoms with van der Waals surface area (Å²) < 4.78 is 6.88. The molecule has 0 saturated heterocycles. The largest absolute Gasteiger partial charge is 0.494 e. The predicted octanol–water partition coefficient (Wildman–Crippen LogP) is 3.86. The fourth-order valence-electron chi connectivity index (χ4n) is 3.80. The molecule has 2 aromatic carbocycles. The highest BCUT2D eigenvalue weighted by atomic mass is 16.5. The molecule has 7 heteroatoms.